The second-order valence-electron chi connectivity index (χ2n) is 15.5. The van der Waals surface area contributed by atoms with E-state index in [9.17, 15) is 9.59 Å². The molecule has 0 radical (unpaired) electrons. The Kier molecular flexibility index (Phi) is 12.9. The van der Waals surface area contributed by atoms with E-state index in [1.165, 1.54) is 64.7 Å². The van der Waals surface area contributed by atoms with Gasteiger partial charge < -0.3 is 19.6 Å². The van der Waals surface area contributed by atoms with Crippen molar-refractivity contribution in [3.8, 4) is 0 Å². The van der Waals surface area contributed by atoms with Crippen LogP contribution < -0.4 is 9.80 Å². The molecule has 0 aliphatic carbocycles. The Morgan fingerprint density at radius 1 is 0.642 bits per heavy atom. The number of ketones is 2. The van der Waals surface area contributed by atoms with Gasteiger partial charge in [0.05, 0.1) is 23.2 Å². The first-order valence-electron chi connectivity index (χ1n) is 20.3. The maximum atomic E-state index is 12.6. The third-order valence-electron chi connectivity index (χ3n) is 11.9. The van der Waals surface area contributed by atoms with Crippen LogP contribution in [0.3, 0.4) is 0 Å². The molecule has 0 aromatic carbocycles. The number of aryl methyl sites for hydroxylation is 1. The van der Waals surface area contributed by atoms with Crippen molar-refractivity contribution in [2.24, 2.45) is 18.9 Å². The fourth-order valence-corrected chi connectivity index (χ4v) is 8.76. The van der Waals surface area contributed by atoms with Gasteiger partial charge in [0.1, 0.15) is 35.9 Å². The Balaban J connectivity index is 0.000000164. The number of aromatic amines is 1. The summed E-state index contributed by atoms with van der Waals surface area (Å²) in [5.74, 6) is 3.23. The lowest BCUT2D eigenvalue weighted by atomic mass is 9.90. The van der Waals surface area contributed by atoms with E-state index in [0.29, 0.717) is 11.6 Å². The molecule has 4 saturated heterocycles. The molecule has 14 heteroatoms. The summed E-state index contributed by atoms with van der Waals surface area (Å²) in [4.78, 5) is 52.2. The molecule has 4 aliphatic rings. The third-order valence-corrected chi connectivity index (χ3v) is 11.9. The second kappa shape index (κ2) is 18.3. The van der Waals surface area contributed by atoms with E-state index in [1.807, 2.05) is 13.2 Å². The molecule has 14 nitrogen and oxygen atoms in total. The Labute approximate surface area is 313 Å². The van der Waals surface area contributed by atoms with Crippen LogP contribution in [0.25, 0.3) is 22.1 Å². The number of Topliss-reactive ketones (excluding diaryl/α,β-unsaturated/α-hetero) is 2. The molecule has 4 aliphatic heterocycles. The molecular formula is C39H58N12O2. The number of piperidine rings is 4. The molecule has 4 fully saturated rings. The molecule has 0 bridgehead atoms. The van der Waals surface area contributed by atoms with Crippen LogP contribution in [0.1, 0.15) is 89.9 Å². The number of hydrogen-bond acceptors (Lipinski definition) is 12. The minimum atomic E-state index is 0.217. The van der Waals surface area contributed by atoms with Gasteiger partial charge >= 0.3 is 0 Å². The van der Waals surface area contributed by atoms with Crippen molar-refractivity contribution in [2.45, 2.75) is 89.9 Å². The van der Waals surface area contributed by atoms with Crippen LogP contribution in [0.4, 0.5) is 11.6 Å². The van der Waals surface area contributed by atoms with Gasteiger partial charge in [-0.2, -0.15) is 10.2 Å². The standard InChI is InChI=1S/C20H30N6O.C19H28N6O/c1-24-19-17(14-23-24)20(22-15-21-19)26-12-7-16(8-13-26)18(27)6-5-11-25-9-3-2-4-10-25;26-17(5-4-10-24-8-2-1-3-9-24)15-6-11-25(12-7-15)19-16-13-22-23-18(16)20-14-21-19/h14-16H,2-13H2,1H3;13-15H,1-12H2,(H,20,21,22,23). The van der Waals surface area contributed by atoms with Crippen LogP contribution in [0.5, 0.6) is 0 Å². The van der Waals surface area contributed by atoms with Crippen molar-refractivity contribution >= 4 is 45.3 Å². The van der Waals surface area contributed by atoms with E-state index in [1.54, 1.807) is 23.5 Å². The maximum Gasteiger partial charge on any atom is 0.163 e. The molecular weight excluding hydrogens is 669 g/mol. The highest BCUT2D eigenvalue weighted by atomic mass is 16.1. The van der Waals surface area contributed by atoms with Gasteiger partial charge in [-0.1, -0.05) is 12.8 Å². The monoisotopic (exact) mass is 726 g/mol. The number of nitrogens with one attached hydrogen (secondary N) is 1. The molecule has 53 heavy (non-hydrogen) atoms. The van der Waals surface area contributed by atoms with Crippen molar-refractivity contribution in [3.63, 3.8) is 0 Å². The maximum absolute atomic E-state index is 12.6. The van der Waals surface area contributed by atoms with Crippen LogP contribution in [-0.2, 0) is 16.6 Å². The molecule has 286 valence electrons. The van der Waals surface area contributed by atoms with E-state index in [4.69, 9.17) is 0 Å². The number of likely N-dealkylation sites (tertiary alicyclic amines) is 2. The summed E-state index contributed by atoms with van der Waals surface area (Å²) in [6, 6.07) is 0. The zero-order chi connectivity index (χ0) is 36.4. The molecule has 1 N–H and O–H groups in total. The number of carbonyl (C=O) groups excluding carboxylic acids is 2. The lowest BCUT2D eigenvalue weighted by Crippen LogP contribution is -2.37. The number of rotatable bonds is 12. The highest BCUT2D eigenvalue weighted by Gasteiger charge is 2.28. The first kappa shape index (κ1) is 37.3. The van der Waals surface area contributed by atoms with E-state index < -0.39 is 0 Å². The topological polar surface area (TPSA) is 145 Å². The van der Waals surface area contributed by atoms with Gasteiger partial charge in [-0.25, -0.2) is 19.9 Å². The van der Waals surface area contributed by atoms with E-state index in [2.05, 4.69) is 54.8 Å². The van der Waals surface area contributed by atoms with Gasteiger partial charge in [0.2, 0.25) is 0 Å². The number of anilines is 2. The van der Waals surface area contributed by atoms with E-state index in [-0.39, 0.29) is 11.8 Å². The molecule has 4 aromatic rings. The molecule has 8 heterocycles. The fraction of sp³-hybridized carbons (Fsp3) is 0.692. The third kappa shape index (κ3) is 9.56. The molecule has 0 atom stereocenters. The summed E-state index contributed by atoms with van der Waals surface area (Å²) in [5.41, 5.74) is 1.63. The smallest absolute Gasteiger partial charge is 0.163 e. The minimum Gasteiger partial charge on any atom is -0.356 e. The number of H-pyrrole nitrogens is 1. The molecule has 0 saturated carbocycles. The van der Waals surface area contributed by atoms with Crippen molar-refractivity contribution in [1.29, 1.82) is 0 Å². The number of hydrogen-bond donors (Lipinski definition) is 1. The van der Waals surface area contributed by atoms with Gasteiger partial charge in [0.15, 0.2) is 11.3 Å². The van der Waals surface area contributed by atoms with E-state index in [0.717, 1.165) is 124 Å². The lowest BCUT2D eigenvalue weighted by molar-refractivity contribution is -0.124. The van der Waals surface area contributed by atoms with Crippen LogP contribution in [0.2, 0.25) is 0 Å². The quantitative estimate of drug-likeness (QED) is 0.214. The van der Waals surface area contributed by atoms with E-state index >= 15 is 0 Å². The van der Waals surface area contributed by atoms with Gasteiger partial charge in [-0.3, -0.25) is 19.4 Å². The molecule has 0 amide bonds. The van der Waals surface area contributed by atoms with Gasteiger partial charge in [0.25, 0.3) is 0 Å². The highest BCUT2D eigenvalue weighted by molar-refractivity contribution is 5.88. The van der Waals surface area contributed by atoms with Crippen molar-refractivity contribution in [2.75, 3.05) is 75.2 Å². The summed E-state index contributed by atoms with van der Waals surface area (Å²) >= 11 is 0. The van der Waals surface area contributed by atoms with Gasteiger partial charge in [-0.15, -0.1) is 0 Å². The Hall–Kier alpha value is -4.04. The zero-order valence-corrected chi connectivity index (χ0v) is 31.7. The van der Waals surface area contributed by atoms with Crippen LogP contribution in [0, 0.1) is 11.8 Å². The average molecular weight is 727 g/mol. The first-order valence-corrected chi connectivity index (χ1v) is 20.3. The summed E-state index contributed by atoms with van der Waals surface area (Å²) in [6.07, 6.45) is 22.0. The van der Waals surface area contributed by atoms with Crippen molar-refractivity contribution < 1.29 is 9.59 Å². The van der Waals surface area contributed by atoms with Crippen LogP contribution in [-0.4, -0.2) is 127 Å². The summed E-state index contributed by atoms with van der Waals surface area (Å²) < 4.78 is 1.78. The molecule has 4 aromatic heterocycles. The van der Waals surface area contributed by atoms with Gasteiger partial charge in [-0.05, 0) is 103 Å². The Morgan fingerprint density at radius 3 is 1.70 bits per heavy atom. The number of fused-ring (bicyclic) bond motifs is 2. The van der Waals surface area contributed by atoms with Crippen LogP contribution >= 0.6 is 0 Å². The molecule has 0 spiro atoms. The first-order chi connectivity index (χ1) is 26.0. The fourth-order valence-electron chi connectivity index (χ4n) is 8.76. The van der Waals surface area contributed by atoms with Crippen molar-refractivity contribution in [1.82, 2.24) is 49.7 Å². The Morgan fingerprint density at radius 2 is 1.15 bits per heavy atom. The summed E-state index contributed by atoms with van der Waals surface area (Å²) in [6.45, 7) is 10.5. The van der Waals surface area contributed by atoms with Gasteiger partial charge in [0, 0.05) is 57.9 Å². The second-order valence-corrected chi connectivity index (χ2v) is 15.5. The average Bonchev–Trinajstić information content (AvgIpc) is 3.86. The van der Waals surface area contributed by atoms with Crippen LogP contribution in [0.15, 0.2) is 25.0 Å². The predicted octanol–water partition coefficient (Wildman–Crippen LogP) is 4.82. The number of carbonyl (C=O) groups is 2. The largest absolute Gasteiger partial charge is 0.356 e. The summed E-state index contributed by atoms with van der Waals surface area (Å²) in [5, 5.41) is 13.2. The lowest BCUT2D eigenvalue weighted by Gasteiger charge is -2.32. The number of aromatic nitrogens is 8. The van der Waals surface area contributed by atoms with Crippen molar-refractivity contribution in [3.05, 3.63) is 25.0 Å². The summed E-state index contributed by atoms with van der Waals surface area (Å²) in [7, 11) is 1.90. The zero-order valence-electron chi connectivity index (χ0n) is 31.7. The minimum absolute atomic E-state index is 0.217. The normalized spacial score (nSPS) is 19.8. The Bertz CT molecular complexity index is 1760. The number of nitrogens with zero attached hydrogens (tertiary/aromatic N) is 11. The SMILES string of the molecule is Cn1ncc2c(N3CCC(C(=O)CCCN4CCCCC4)CC3)ncnc21.O=C(CCCN1CCCCC1)C1CCN(c2ncnc3[nH]ncc23)CC1. The predicted molar refractivity (Wildman–Crippen MR) is 207 cm³/mol. The molecule has 8 rings (SSSR count). The highest BCUT2D eigenvalue weighted by Crippen LogP contribution is 2.29. The molecule has 0 unspecified atom stereocenters.